The molecule has 0 unspecified atom stereocenters. The van der Waals surface area contributed by atoms with Gasteiger partial charge in [0.25, 0.3) is 0 Å². The Morgan fingerprint density at radius 3 is 2.30 bits per heavy atom. The fourth-order valence-corrected chi connectivity index (χ4v) is 2.58. The number of ether oxygens (including phenoxy) is 3. The average Bonchev–Trinajstić information content (AvgIpc) is 2.83. The maximum absolute atomic E-state index is 11.8. The third kappa shape index (κ3) is 14.3. The first kappa shape index (κ1) is 27.6. The van der Waals surface area contributed by atoms with Crippen LogP contribution in [0.4, 0.5) is 4.79 Å². The summed E-state index contributed by atoms with van der Waals surface area (Å²) in [5.74, 6) is -1.10. The van der Waals surface area contributed by atoms with Crippen LogP contribution in [0, 0.1) is 0 Å². The van der Waals surface area contributed by atoms with Gasteiger partial charge >= 0.3 is 18.0 Å². The molecule has 0 aliphatic heterocycles. The number of ketones is 1. The van der Waals surface area contributed by atoms with Gasteiger partial charge in [0.2, 0.25) is 0 Å². The van der Waals surface area contributed by atoms with Crippen LogP contribution in [0.25, 0.3) is 0 Å². The summed E-state index contributed by atoms with van der Waals surface area (Å²) in [4.78, 5) is 46.9. The van der Waals surface area contributed by atoms with E-state index >= 15 is 0 Å². The molecule has 1 aromatic carbocycles. The fraction of sp³-hybridized carbons (Fsp3) is 0.440. The zero-order valence-electron chi connectivity index (χ0n) is 19.3. The van der Waals surface area contributed by atoms with Crippen LogP contribution in [0.1, 0.15) is 51.5 Å². The van der Waals surface area contributed by atoms with Gasteiger partial charge in [-0.1, -0.05) is 48.6 Å². The van der Waals surface area contributed by atoms with Crippen LogP contribution in [0.15, 0.2) is 54.1 Å². The van der Waals surface area contributed by atoms with E-state index in [1.54, 1.807) is 0 Å². The van der Waals surface area contributed by atoms with Crippen LogP contribution in [0.2, 0.25) is 0 Å². The van der Waals surface area contributed by atoms with Gasteiger partial charge in [0.1, 0.15) is 13.2 Å². The number of hydrogen-bond donors (Lipinski definition) is 1. The number of benzene rings is 1. The molecule has 0 saturated carbocycles. The highest BCUT2D eigenvalue weighted by atomic mass is 16.5. The second kappa shape index (κ2) is 17.2. The summed E-state index contributed by atoms with van der Waals surface area (Å²) in [6.07, 6.45) is 5.97. The first-order valence-corrected chi connectivity index (χ1v) is 11.0. The van der Waals surface area contributed by atoms with Crippen LogP contribution in [0.5, 0.6) is 0 Å². The molecule has 0 aliphatic rings. The molecule has 0 radical (unpaired) electrons. The normalized spacial score (nSPS) is 11.2. The minimum Gasteiger partial charge on any atom is -0.466 e. The van der Waals surface area contributed by atoms with Crippen molar-refractivity contribution < 1.29 is 33.4 Å². The number of nitrogens with one attached hydrogen (secondary N) is 1. The van der Waals surface area contributed by atoms with Crippen LogP contribution < -0.4 is 5.32 Å². The molecule has 0 aromatic heterocycles. The molecule has 0 heterocycles. The molecule has 0 bridgehead atoms. The SMILES string of the molecule is CC=CC(=CC)COC(=O)NCC(=O)CCC(=O)OCCCCC(=O)OCc1ccccc1. The van der Waals surface area contributed by atoms with E-state index in [1.165, 1.54) is 0 Å². The highest BCUT2D eigenvalue weighted by molar-refractivity contribution is 5.86. The van der Waals surface area contributed by atoms with Gasteiger partial charge in [0.15, 0.2) is 5.78 Å². The van der Waals surface area contributed by atoms with Gasteiger partial charge in [0.05, 0.1) is 19.6 Å². The van der Waals surface area contributed by atoms with E-state index in [9.17, 15) is 19.2 Å². The summed E-state index contributed by atoms with van der Waals surface area (Å²) >= 11 is 0. The zero-order valence-corrected chi connectivity index (χ0v) is 19.3. The Morgan fingerprint density at radius 1 is 0.879 bits per heavy atom. The molecule has 8 nitrogen and oxygen atoms in total. The number of Topliss-reactive ketones (excluding diaryl/α,β-unsaturated/α-hetero) is 1. The third-order valence-electron chi connectivity index (χ3n) is 4.44. The van der Waals surface area contributed by atoms with E-state index in [1.807, 2.05) is 62.4 Å². The average molecular weight is 460 g/mol. The number of allylic oxidation sites excluding steroid dienone is 2. The van der Waals surface area contributed by atoms with Crippen molar-refractivity contribution in [3.05, 3.63) is 59.7 Å². The van der Waals surface area contributed by atoms with E-state index in [0.717, 1.165) is 11.1 Å². The van der Waals surface area contributed by atoms with Crippen LogP contribution >= 0.6 is 0 Å². The lowest BCUT2D eigenvalue weighted by atomic mass is 10.2. The van der Waals surface area contributed by atoms with Crippen molar-refractivity contribution in [3.8, 4) is 0 Å². The number of amides is 1. The van der Waals surface area contributed by atoms with E-state index in [0.29, 0.717) is 12.8 Å². The minimum atomic E-state index is -0.697. The van der Waals surface area contributed by atoms with Crippen LogP contribution in [-0.2, 0) is 35.2 Å². The summed E-state index contributed by atoms with van der Waals surface area (Å²) < 4.78 is 15.2. The van der Waals surface area contributed by atoms with Gasteiger partial charge in [0, 0.05) is 12.8 Å². The molecule has 1 aromatic rings. The van der Waals surface area contributed by atoms with Gasteiger partial charge in [-0.05, 0) is 37.8 Å². The number of carbonyl (C=O) groups is 4. The first-order valence-electron chi connectivity index (χ1n) is 11.0. The number of unbranched alkanes of at least 4 members (excludes halogenated alkanes) is 1. The molecule has 1 N–H and O–H groups in total. The van der Waals surface area contributed by atoms with Gasteiger partial charge < -0.3 is 19.5 Å². The molecule has 8 heteroatoms. The van der Waals surface area contributed by atoms with Crippen molar-refractivity contribution in [3.63, 3.8) is 0 Å². The topological polar surface area (TPSA) is 108 Å². The number of alkyl carbamates (subject to hydrolysis) is 1. The Morgan fingerprint density at radius 2 is 1.61 bits per heavy atom. The Hall–Kier alpha value is -3.42. The third-order valence-corrected chi connectivity index (χ3v) is 4.44. The molecule has 0 saturated heterocycles. The Balaban J connectivity index is 2.04. The molecule has 1 amide bonds. The Labute approximate surface area is 195 Å². The van der Waals surface area contributed by atoms with E-state index in [2.05, 4.69) is 5.32 Å². The van der Waals surface area contributed by atoms with Crippen LogP contribution in [-0.4, -0.2) is 43.6 Å². The zero-order chi connectivity index (χ0) is 24.3. The maximum Gasteiger partial charge on any atom is 0.407 e. The van der Waals surface area contributed by atoms with Gasteiger partial charge in [-0.3, -0.25) is 14.4 Å². The smallest absolute Gasteiger partial charge is 0.407 e. The lowest BCUT2D eigenvalue weighted by molar-refractivity contribution is -0.145. The van der Waals surface area contributed by atoms with Crippen molar-refractivity contribution in [2.75, 3.05) is 19.8 Å². The molecule has 180 valence electrons. The summed E-state index contributed by atoms with van der Waals surface area (Å²) in [6, 6.07) is 9.41. The molecule has 1 rings (SSSR count). The van der Waals surface area contributed by atoms with E-state index in [4.69, 9.17) is 14.2 Å². The summed E-state index contributed by atoms with van der Waals surface area (Å²) in [5, 5.41) is 2.36. The van der Waals surface area contributed by atoms with Gasteiger partial charge in [-0.25, -0.2) is 4.79 Å². The highest BCUT2D eigenvalue weighted by Gasteiger charge is 2.11. The number of esters is 2. The molecular formula is C25H33NO7. The standard InChI is InChI=1S/C25H33NO7/c1-3-10-20(4-2)18-33-25(30)26-17-22(27)14-15-24(29)31-16-9-8-13-23(28)32-19-21-11-6-5-7-12-21/h3-7,10-12H,8-9,13-19H2,1-2H3,(H,26,30). The predicted octanol–water partition coefficient (Wildman–Crippen LogP) is 4.04. The van der Waals surface area contributed by atoms with Gasteiger partial charge in [-0.15, -0.1) is 0 Å². The monoisotopic (exact) mass is 459 g/mol. The second-order valence-corrected chi connectivity index (χ2v) is 7.16. The van der Waals surface area contributed by atoms with Crippen molar-refractivity contribution in [1.29, 1.82) is 0 Å². The molecular weight excluding hydrogens is 426 g/mol. The van der Waals surface area contributed by atoms with Crippen molar-refractivity contribution >= 4 is 23.8 Å². The lowest BCUT2D eigenvalue weighted by Crippen LogP contribution is -2.30. The van der Waals surface area contributed by atoms with E-state index in [-0.39, 0.29) is 57.4 Å². The number of carbonyl (C=O) groups excluding carboxylic acids is 4. The first-order chi connectivity index (χ1) is 15.9. The lowest BCUT2D eigenvalue weighted by Gasteiger charge is -2.07. The maximum atomic E-state index is 11.8. The largest absolute Gasteiger partial charge is 0.466 e. The number of hydrogen-bond acceptors (Lipinski definition) is 7. The minimum absolute atomic E-state index is 0.0381. The summed E-state index contributed by atoms with van der Waals surface area (Å²) in [6.45, 7) is 3.99. The van der Waals surface area contributed by atoms with Crippen molar-refractivity contribution in [1.82, 2.24) is 5.32 Å². The highest BCUT2D eigenvalue weighted by Crippen LogP contribution is 2.05. The van der Waals surface area contributed by atoms with Crippen LogP contribution in [0.3, 0.4) is 0 Å². The summed E-state index contributed by atoms with van der Waals surface area (Å²) in [5.41, 5.74) is 1.76. The second-order valence-electron chi connectivity index (χ2n) is 7.16. The van der Waals surface area contributed by atoms with E-state index < -0.39 is 12.1 Å². The fourth-order valence-electron chi connectivity index (χ4n) is 2.58. The molecule has 0 aliphatic carbocycles. The molecule has 0 fully saturated rings. The van der Waals surface area contributed by atoms with Crippen molar-refractivity contribution in [2.45, 2.75) is 52.6 Å². The Kier molecular flexibility index (Phi) is 14.4. The molecule has 33 heavy (non-hydrogen) atoms. The predicted molar refractivity (Wildman–Crippen MR) is 123 cm³/mol. The molecule has 0 spiro atoms. The number of rotatable bonds is 15. The summed E-state index contributed by atoms with van der Waals surface area (Å²) in [7, 11) is 0. The Bertz CT molecular complexity index is 815. The van der Waals surface area contributed by atoms with Gasteiger partial charge in [-0.2, -0.15) is 0 Å². The van der Waals surface area contributed by atoms with Crippen molar-refractivity contribution in [2.24, 2.45) is 0 Å². The quantitative estimate of drug-likeness (QED) is 0.182. The molecule has 0 atom stereocenters.